The van der Waals surface area contributed by atoms with E-state index in [1.165, 1.54) is 20.3 Å². The Morgan fingerprint density at radius 1 is 1.11 bits per heavy atom. The molecule has 0 saturated carbocycles. The van der Waals surface area contributed by atoms with Gasteiger partial charge in [-0.2, -0.15) is 8.42 Å². The number of rotatable bonds is 4. The van der Waals surface area contributed by atoms with Crippen LogP contribution in [-0.2, 0) is 14.9 Å². The Labute approximate surface area is 104 Å². The third kappa shape index (κ3) is 2.71. The van der Waals surface area contributed by atoms with Crippen LogP contribution in [0.1, 0.15) is 10.4 Å². The molecule has 1 aromatic carbocycles. The molecule has 100 valence electrons. The first kappa shape index (κ1) is 14.3. The lowest BCUT2D eigenvalue weighted by molar-refractivity contribution is 0.0596. The summed E-state index contributed by atoms with van der Waals surface area (Å²) in [5.41, 5.74) is -0.131. The van der Waals surface area contributed by atoms with Gasteiger partial charge >= 0.3 is 5.97 Å². The van der Waals surface area contributed by atoms with E-state index in [1.54, 1.807) is 0 Å². The van der Waals surface area contributed by atoms with Crippen molar-refractivity contribution < 1.29 is 32.0 Å². The minimum Gasteiger partial charge on any atom is -0.496 e. The molecule has 0 aliphatic heterocycles. The normalized spacial score (nSPS) is 10.9. The molecule has 1 aromatic rings. The molecule has 0 fully saturated rings. The summed E-state index contributed by atoms with van der Waals surface area (Å²) in [6.07, 6.45) is 0. The van der Waals surface area contributed by atoms with Crippen LogP contribution in [0.15, 0.2) is 17.0 Å². The zero-order valence-corrected chi connectivity index (χ0v) is 10.8. The van der Waals surface area contributed by atoms with Crippen LogP contribution in [0.2, 0.25) is 0 Å². The Kier molecular flexibility index (Phi) is 4.15. The third-order valence-electron chi connectivity index (χ3n) is 2.17. The van der Waals surface area contributed by atoms with E-state index >= 15 is 0 Å². The predicted octanol–water partition coefficient (Wildman–Crippen LogP) is 0.737. The topological polar surface area (TPSA) is 99.1 Å². The fraction of sp³-hybridized carbons (Fsp3) is 0.300. The summed E-state index contributed by atoms with van der Waals surface area (Å²) in [5.74, 6) is -0.854. The molecule has 1 rings (SSSR count). The molecule has 0 bridgehead atoms. The highest BCUT2D eigenvalue weighted by Crippen LogP contribution is 2.32. The van der Waals surface area contributed by atoms with Crippen molar-refractivity contribution in [1.29, 1.82) is 0 Å². The van der Waals surface area contributed by atoms with Gasteiger partial charge in [0.25, 0.3) is 10.1 Å². The number of methoxy groups -OCH3 is 3. The van der Waals surface area contributed by atoms with Crippen molar-refractivity contribution in [3.8, 4) is 11.5 Å². The average Bonchev–Trinajstić information content (AvgIpc) is 2.34. The van der Waals surface area contributed by atoms with Gasteiger partial charge in [0.2, 0.25) is 0 Å². The van der Waals surface area contributed by atoms with Crippen molar-refractivity contribution in [2.75, 3.05) is 21.3 Å². The number of esters is 1. The maximum Gasteiger partial charge on any atom is 0.341 e. The summed E-state index contributed by atoms with van der Waals surface area (Å²) in [5, 5.41) is 0. The quantitative estimate of drug-likeness (QED) is 0.639. The van der Waals surface area contributed by atoms with Crippen molar-refractivity contribution in [1.82, 2.24) is 0 Å². The summed E-state index contributed by atoms with van der Waals surface area (Å²) in [6, 6.07) is 2.11. The summed E-state index contributed by atoms with van der Waals surface area (Å²) in [6.45, 7) is 0. The molecule has 0 amide bonds. The molecule has 0 aliphatic carbocycles. The second kappa shape index (κ2) is 5.23. The molecular weight excluding hydrogens is 264 g/mol. The predicted molar refractivity (Wildman–Crippen MR) is 60.7 cm³/mol. The van der Waals surface area contributed by atoms with Crippen molar-refractivity contribution in [3.05, 3.63) is 17.7 Å². The Morgan fingerprint density at radius 2 is 1.67 bits per heavy atom. The summed E-state index contributed by atoms with van der Waals surface area (Å²) in [4.78, 5) is 10.9. The molecule has 0 spiro atoms. The molecule has 0 saturated heterocycles. The smallest absolute Gasteiger partial charge is 0.341 e. The second-order valence-electron chi connectivity index (χ2n) is 3.17. The minimum absolute atomic E-state index is 0.0751. The number of ether oxygens (including phenoxy) is 3. The van der Waals surface area contributed by atoms with E-state index in [9.17, 15) is 13.2 Å². The zero-order chi connectivity index (χ0) is 13.9. The van der Waals surface area contributed by atoms with Crippen molar-refractivity contribution >= 4 is 16.1 Å². The van der Waals surface area contributed by atoms with E-state index in [2.05, 4.69) is 4.74 Å². The van der Waals surface area contributed by atoms with E-state index in [-0.39, 0.29) is 17.1 Å². The van der Waals surface area contributed by atoms with Gasteiger partial charge in [-0.3, -0.25) is 4.55 Å². The molecule has 1 N–H and O–H groups in total. The highest BCUT2D eigenvalue weighted by molar-refractivity contribution is 7.86. The van der Waals surface area contributed by atoms with Gasteiger partial charge in [-0.1, -0.05) is 0 Å². The standard InChI is InChI=1S/C10H12O7S/c1-15-7-5-8(16-2)9(18(12,13)14)4-6(7)10(11)17-3/h4-5H,1-3H3,(H,12,13,14). The van der Waals surface area contributed by atoms with Gasteiger partial charge in [-0.25, -0.2) is 4.79 Å². The van der Waals surface area contributed by atoms with Crippen molar-refractivity contribution in [3.63, 3.8) is 0 Å². The zero-order valence-electron chi connectivity index (χ0n) is 9.96. The number of carbonyl (C=O) groups is 1. The molecule has 18 heavy (non-hydrogen) atoms. The van der Waals surface area contributed by atoms with Gasteiger partial charge in [0.05, 0.1) is 21.3 Å². The maximum absolute atomic E-state index is 11.5. The largest absolute Gasteiger partial charge is 0.496 e. The van der Waals surface area contributed by atoms with E-state index in [0.29, 0.717) is 0 Å². The van der Waals surface area contributed by atoms with Crippen molar-refractivity contribution in [2.45, 2.75) is 4.90 Å². The number of hydrogen-bond donors (Lipinski definition) is 1. The molecule has 8 heteroatoms. The first-order valence-electron chi connectivity index (χ1n) is 4.67. The number of carbonyl (C=O) groups excluding carboxylic acids is 1. The molecule has 0 aromatic heterocycles. The van der Waals surface area contributed by atoms with Crippen LogP contribution in [0.4, 0.5) is 0 Å². The van der Waals surface area contributed by atoms with Crippen molar-refractivity contribution in [2.24, 2.45) is 0 Å². The third-order valence-corrected chi connectivity index (χ3v) is 3.04. The molecule has 0 unspecified atom stereocenters. The Balaban J connectivity index is 3.59. The minimum atomic E-state index is -4.52. The van der Waals surface area contributed by atoms with E-state index < -0.39 is 21.0 Å². The van der Waals surface area contributed by atoms with Crippen LogP contribution in [0, 0.1) is 0 Å². The average molecular weight is 276 g/mol. The Bertz CT molecular complexity index is 562. The lowest BCUT2D eigenvalue weighted by Crippen LogP contribution is -2.08. The van der Waals surface area contributed by atoms with E-state index in [1.807, 2.05) is 0 Å². The van der Waals surface area contributed by atoms with Gasteiger partial charge in [-0.05, 0) is 6.07 Å². The second-order valence-corrected chi connectivity index (χ2v) is 4.56. The summed E-state index contributed by atoms with van der Waals surface area (Å²) < 4.78 is 45.6. The number of benzene rings is 1. The highest BCUT2D eigenvalue weighted by atomic mass is 32.2. The molecule has 0 heterocycles. The lowest BCUT2D eigenvalue weighted by atomic mass is 10.2. The van der Waals surface area contributed by atoms with E-state index in [4.69, 9.17) is 14.0 Å². The summed E-state index contributed by atoms with van der Waals surface area (Å²) >= 11 is 0. The lowest BCUT2D eigenvalue weighted by Gasteiger charge is -2.11. The van der Waals surface area contributed by atoms with Crippen LogP contribution >= 0.6 is 0 Å². The Hall–Kier alpha value is -1.80. The molecular formula is C10H12O7S. The highest BCUT2D eigenvalue weighted by Gasteiger charge is 2.23. The summed E-state index contributed by atoms with van der Waals surface area (Å²) in [7, 11) is -0.862. The van der Waals surface area contributed by atoms with Crippen LogP contribution < -0.4 is 9.47 Å². The SMILES string of the molecule is COC(=O)c1cc(S(=O)(=O)O)c(OC)cc1OC. The van der Waals surface area contributed by atoms with Gasteiger partial charge < -0.3 is 14.2 Å². The van der Waals surface area contributed by atoms with Gasteiger partial charge in [0.1, 0.15) is 22.0 Å². The van der Waals surface area contributed by atoms with Crippen LogP contribution in [0.25, 0.3) is 0 Å². The first-order chi connectivity index (χ1) is 8.35. The molecule has 0 aliphatic rings. The van der Waals surface area contributed by atoms with Gasteiger partial charge in [0, 0.05) is 6.07 Å². The number of hydrogen-bond acceptors (Lipinski definition) is 6. The fourth-order valence-electron chi connectivity index (χ4n) is 1.34. The van der Waals surface area contributed by atoms with Gasteiger partial charge in [0.15, 0.2) is 0 Å². The molecule has 0 atom stereocenters. The van der Waals surface area contributed by atoms with E-state index in [0.717, 1.165) is 13.2 Å². The van der Waals surface area contributed by atoms with Crippen LogP contribution in [0.3, 0.4) is 0 Å². The molecule has 0 radical (unpaired) electrons. The first-order valence-corrected chi connectivity index (χ1v) is 6.11. The Morgan fingerprint density at radius 3 is 2.06 bits per heavy atom. The maximum atomic E-state index is 11.5. The van der Waals surface area contributed by atoms with Crippen LogP contribution in [0.5, 0.6) is 11.5 Å². The van der Waals surface area contributed by atoms with Gasteiger partial charge in [-0.15, -0.1) is 0 Å². The van der Waals surface area contributed by atoms with Crippen LogP contribution in [-0.4, -0.2) is 40.3 Å². The fourth-order valence-corrected chi connectivity index (χ4v) is 2.00. The monoisotopic (exact) mass is 276 g/mol. The molecule has 7 nitrogen and oxygen atoms in total.